The lowest BCUT2D eigenvalue weighted by atomic mass is 10.2. The van der Waals surface area contributed by atoms with Crippen molar-refractivity contribution >= 4 is 37.6 Å². The zero-order valence-electron chi connectivity index (χ0n) is 12.7. The number of aromatic nitrogens is 2. The van der Waals surface area contributed by atoms with Gasteiger partial charge in [0.05, 0.1) is 12.2 Å². The molecule has 3 aromatic rings. The molecule has 0 amide bonds. The van der Waals surface area contributed by atoms with Crippen LogP contribution in [0.2, 0.25) is 0 Å². The maximum Gasteiger partial charge on any atom is 0.139 e. The molecule has 1 N–H and O–H groups in total. The van der Waals surface area contributed by atoms with Gasteiger partial charge in [0, 0.05) is 29.9 Å². The average molecular weight is 321 g/mol. The molecule has 2 aromatic heterocycles. The molecule has 0 aliphatic rings. The van der Waals surface area contributed by atoms with Crippen molar-refractivity contribution in [2.75, 3.05) is 18.5 Å². The van der Waals surface area contributed by atoms with E-state index in [9.17, 15) is 4.79 Å². The van der Waals surface area contributed by atoms with E-state index in [0.29, 0.717) is 6.54 Å². The van der Waals surface area contributed by atoms with Crippen molar-refractivity contribution < 1.29 is 4.79 Å². The lowest BCUT2D eigenvalue weighted by molar-refractivity contribution is -0.106. The highest BCUT2D eigenvalue weighted by Gasteiger charge is 2.00. The van der Waals surface area contributed by atoms with Crippen LogP contribution in [-0.2, 0) is 4.79 Å². The number of aromatic amines is 1. The summed E-state index contributed by atoms with van der Waals surface area (Å²) in [5, 5.41) is 2.10. The third-order valence-corrected chi connectivity index (χ3v) is 3.80. The molecule has 1 atom stereocenters. The van der Waals surface area contributed by atoms with Crippen molar-refractivity contribution in [3.05, 3.63) is 53.9 Å². The summed E-state index contributed by atoms with van der Waals surface area (Å²) < 4.78 is 0. The van der Waals surface area contributed by atoms with E-state index >= 15 is 0 Å². The van der Waals surface area contributed by atoms with E-state index in [4.69, 9.17) is 0 Å². The Bertz CT molecular complexity index is 903. The number of benzene rings is 1. The van der Waals surface area contributed by atoms with Gasteiger partial charge in [-0.05, 0) is 47.6 Å². The van der Waals surface area contributed by atoms with Gasteiger partial charge in [-0.3, -0.25) is 0 Å². The second-order valence-electron chi connectivity index (χ2n) is 5.23. The third kappa shape index (κ3) is 3.59. The number of fused-ring (bicyclic) bond motifs is 1. The first-order valence-electron chi connectivity index (χ1n) is 7.17. The van der Waals surface area contributed by atoms with Gasteiger partial charge in [-0.2, -0.15) is 0 Å². The Morgan fingerprint density at radius 2 is 2.04 bits per heavy atom. The fraction of sp³-hybridized carbons (Fsp3) is 0.111. The van der Waals surface area contributed by atoms with Crippen LogP contribution in [0.3, 0.4) is 0 Å². The zero-order chi connectivity index (χ0) is 16.2. The fourth-order valence-corrected chi connectivity index (χ4v) is 2.51. The normalized spacial score (nSPS) is 10.2. The smallest absolute Gasteiger partial charge is 0.139 e. The van der Waals surface area contributed by atoms with E-state index in [-0.39, 0.29) is 0 Å². The van der Waals surface area contributed by atoms with Crippen molar-refractivity contribution in [1.82, 2.24) is 9.97 Å². The number of carbonyl (C=O) groups is 1. The number of anilines is 1. The molecule has 1 unspecified atom stereocenters. The Morgan fingerprint density at radius 3 is 2.78 bits per heavy atom. The SMILES string of the molecule is CN(CC=O)c1ccc(C#Cc2cc3cc(P)cnc3[nH]2)cc1. The van der Waals surface area contributed by atoms with E-state index in [1.165, 1.54) is 0 Å². The summed E-state index contributed by atoms with van der Waals surface area (Å²) in [6, 6.07) is 11.9. The zero-order valence-corrected chi connectivity index (χ0v) is 13.9. The minimum absolute atomic E-state index is 0.380. The summed E-state index contributed by atoms with van der Waals surface area (Å²) in [4.78, 5) is 19.9. The minimum atomic E-state index is 0.380. The molecule has 1 aromatic carbocycles. The van der Waals surface area contributed by atoms with Gasteiger partial charge in [-0.1, -0.05) is 5.92 Å². The average Bonchev–Trinajstić information content (AvgIpc) is 2.95. The van der Waals surface area contributed by atoms with Gasteiger partial charge in [0.25, 0.3) is 0 Å². The van der Waals surface area contributed by atoms with Crippen LogP contribution in [0.1, 0.15) is 11.3 Å². The molecule has 114 valence electrons. The molecule has 0 radical (unpaired) electrons. The van der Waals surface area contributed by atoms with E-state index in [1.807, 2.05) is 48.3 Å². The van der Waals surface area contributed by atoms with Crippen LogP contribution in [0.15, 0.2) is 42.6 Å². The fourth-order valence-electron chi connectivity index (χ4n) is 2.26. The van der Waals surface area contributed by atoms with Crippen LogP contribution in [-0.4, -0.2) is 29.8 Å². The summed E-state index contributed by atoms with van der Waals surface area (Å²) in [7, 11) is 4.52. The molecule has 0 saturated heterocycles. The molecule has 3 rings (SSSR count). The second kappa shape index (κ2) is 6.64. The highest BCUT2D eigenvalue weighted by Crippen LogP contribution is 2.14. The lowest BCUT2D eigenvalue weighted by Gasteiger charge is -2.15. The number of nitrogens with one attached hydrogen (secondary N) is 1. The number of hydrogen-bond donors (Lipinski definition) is 1. The molecule has 0 bridgehead atoms. The Kier molecular flexibility index (Phi) is 4.41. The predicted octanol–water partition coefficient (Wildman–Crippen LogP) is 2.10. The van der Waals surface area contributed by atoms with E-state index in [0.717, 1.165) is 39.6 Å². The van der Waals surface area contributed by atoms with Crippen molar-refractivity contribution in [3.63, 3.8) is 0 Å². The topological polar surface area (TPSA) is 49.0 Å². The lowest BCUT2D eigenvalue weighted by Crippen LogP contribution is -2.18. The molecule has 0 aliphatic heterocycles. The van der Waals surface area contributed by atoms with E-state index in [1.54, 1.807) is 6.20 Å². The van der Waals surface area contributed by atoms with Crippen LogP contribution in [0.25, 0.3) is 11.0 Å². The molecule has 0 saturated carbocycles. The standard InChI is InChI=1S/C18H16N3OP/c1-21(8-9-22)16-6-3-13(4-7-16)2-5-15-10-14-11-17(23)12-19-18(14)20-15/h3-4,6-7,9-12H,8,23H2,1H3,(H,19,20). The Hall–Kier alpha value is -2.63. The molecule has 5 heteroatoms. The van der Waals surface area contributed by atoms with Crippen molar-refractivity contribution in [2.45, 2.75) is 0 Å². The monoisotopic (exact) mass is 321 g/mol. The number of carbonyl (C=O) groups excluding carboxylic acids is 1. The number of hydrogen-bond acceptors (Lipinski definition) is 3. The molecule has 0 fully saturated rings. The van der Waals surface area contributed by atoms with E-state index < -0.39 is 0 Å². The van der Waals surface area contributed by atoms with Crippen LogP contribution in [0, 0.1) is 11.8 Å². The molecular weight excluding hydrogens is 305 g/mol. The summed E-state index contributed by atoms with van der Waals surface area (Å²) in [5.74, 6) is 6.25. The van der Waals surface area contributed by atoms with Gasteiger partial charge in [0.2, 0.25) is 0 Å². The Balaban J connectivity index is 1.81. The first kappa shape index (κ1) is 15.3. The molecule has 23 heavy (non-hydrogen) atoms. The van der Waals surface area contributed by atoms with Crippen LogP contribution >= 0.6 is 9.24 Å². The van der Waals surface area contributed by atoms with Gasteiger partial charge < -0.3 is 14.7 Å². The predicted molar refractivity (Wildman–Crippen MR) is 97.2 cm³/mol. The summed E-state index contributed by atoms with van der Waals surface area (Å²) in [6.45, 7) is 0.380. The maximum atomic E-state index is 10.5. The van der Waals surface area contributed by atoms with Crippen molar-refractivity contribution in [2.24, 2.45) is 0 Å². The molecule has 0 aliphatic carbocycles. The maximum absolute atomic E-state index is 10.5. The minimum Gasteiger partial charge on any atom is -0.368 e. The van der Waals surface area contributed by atoms with Gasteiger partial charge in [0.1, 0.15) is 11.9 Å². The molecule has 0 spiro atoms. The summed E-state index contributed by atoms with van der Waals surface area (Å²) in [6.07, 6.45) is 2.69. The van der Waals surface area contributed by atoms with Gasteiger partial charge in [-0.15, -0.1) is 9.24 Å². The highest BCUT2D eigenvalue weighted by molar-refractivity contribution is 7.27. The first-order valence-corrected chi connectivity index (χ1v) is 7.74. The largest absolute Gasteiger partial charge is 0.368 e. The third-order valence-electron chi connectivity index (χ3n) is 3.49. The van der Waals surface area contributed by atoms with Crippen LogP contribution in [0.4, 0.5) is 5.69 Å². The Morgan fingerprint density at radius 1 is 1.26 bits per heavy atom. The van der Waals surface area contributed by atoms with Gasteiger partial charge in [-0.25, -0.2) is 4.98 Å². The number of nitrogens with zero attached hydrogens (tertiary/aromatic N) is 2. The second-order valence-corrected chi connectivity index (χ2v) is 5.90. The van der Waals surface area contributed by atoms with E-state index in [2.05, 4.69) is 31.0 Å². The van der Waals surface area contributed by atoms with Crippen molar-refractivity contribution in [1.29, 1.82) is 0 Å². The highest BCUT2D eigenvalue weighted by atomic mass is 31.0. The number of aldehydes is 1. The van der Waals surface area contributed by atoms with Crippen LogP contribution in [0.5, 0.6) is 0 Å². The number of pyridine rings is 1. The summed E-state index contributed by atoms with van der Waals surface area (Å²) in [5.41, 5.74) is 3.59. The van der Waals surface area contributed by atoms with Crippen LogP contribution < -0.4 is 10.2 Å². The molecule has 2 heterocycles. The number of likely N-dealkylation sites (N-methyl/N-ethyl adjacent to an activating group) is 1. The quantitative estimate of drug-likeness (QED) is 0.457. The first-order chi connectivity index (χ1) is 11.2. The Labute approximate surface area is 137 Å². The van der Waals surface area contributed by atoms with Crippen molar-refractivity contribution in [3.8, 4) is 11.8 Å². The van der Waals surface area contributed by atoms with Gasteiger partial charge >= 0.3 is 0 Å². The molecule has 4 nitrogen and oxygen atoms in total. The van der Waals surface area contributed by atoms with Gasteiger partial charge in [0.15, 0.2) is 0 Å². The number of H-pyrrole nitrogens is 1. The summed E-state index contributed by atoms with van der Waals surface area (Å²) >= 11 is 0. The number of rotatable bonds is 3. The molecular formula is C18H16N3OP.